The highest BCUT2D eigenvalue weighted by Gasteiger charge is 2.33. The van der Waals surface area contributed by atoms with Gasteiger partial charge in [0.25, 0.3) is 0 Å². The number of fused-ring (bicyclic) bond motifs is 1. The molecule has 0 amide bonds. The van der Waals surface area contributed by atoms with Crippen LogP contribution in [0.2, 0.25) is 0 Å². The van der Waals surface area contributed by atoms with Gasteiger partial charge in [0.2, 0.25) is 0 Å². The summed E-state index contributed by atoms with van der Waals surface area (Å²) >= 11 is 0. The fourth-order valence-electron chi connectivity index (χ4n) is 3.45. The van der Waals surface area contributed by atoms with Crippen molar-refractivity contribution in [3.05, 3.63) is 60.0 Å². The molecule has 33 heavy (non-hydrogen) atoms. The van der Waals surface area contributed by atoms with Crippen molar-refractivity contribution in [2.75, 3.05) is 5.75 Å². The Morgan fingerprint density at radius 2 is 1.79 bits per heavy atom. The third-order valence-corrected chi connectivity index (χ3v) is 6.99. The molecule has 0 atom stereocenters. The molecule has 0 unspecified atom stereocenters. The first-order valence-corrected chi connectivity index (χ1v) is 11.5. The van der Waals surface area contributed by atoms with Crippen LogP contribution in [0.25, 0.3) is 33.7 Å². The Balaban J connectivity index is 1.93. The molecule has 0 saturated heterocycles. The topological polar surface area (TPSA) is 77.7 Å². The van der Waals surface area contributed by atoms with Crippen molar-refractivity contribution in [2.45, 2.75) is 24.7 Å². The van der Waals surface area contributed by atoms with E-state index in [1.54, 1.807) is 31.3 Å². The molecule has 3 heterocycles. The van der Waals surface area contributed by atoms with Crippen molar-refractivity contribution in [3.8, 4) is 22.6 Å². The third-order valence-electron chi connectivity index (χ3n) is 5.25. The van der Waals surface area contributed by atoms with Crippen molar-refractivity contribution in [1.29, 1.82) is 0 Å². The average molecular weight is 478 g/mol. The summed E-state index contributed by atoms with van der Waals surface area (Å²) in [5.41, 5.74) is 0.684. The van der Waals surface area contributed by atoms with Crippen LogP contribution in [0.1, 0.15) is 18.2 Å². The molecule has 0 saturated carbocycles. The Hall–Kier alpha value is -3.34. The molecule has 0 fully saturated rings. The van der Waals surface area contributed by atoms with E-state index in [-0.39, 0.29) is 27.7 Å². The molecule has 0 spiro atoms. The van der Waals surface area contributed by atoms with Gasteiger partial charge in [-0.15, -0.1) is 0 Å². The van der Waals surface area contributed by atoms with E-state index in [2.05, 4.69) is 15.0 Å². The lowest BCUT2D eigenvalue weighted by atomic mass is 10.0. The molecular formula is C22H18F4N4O2S. The molecule has 3 aromatic heterocycles. The molecule has 11 heteroatoms. The van der Waals surface area contributed by atoms with Crippen LogP contribution in [-0.2, 0) is 29.7 Å². The Morgan fingerprint density at radius 1 is 1.03 bits per heavy atom. The van der Waals surface area contributed by atoms with Crippen LogP contribution >= 0.6 is 0 Å². The summed E-state index contributed by atoms with van der Waals surface area (Å²) in [6.45, 7) is 0.803. The van der Waals surface area contributed by atoms with Gasteiger partial charge in [0.15, 0.2) is 15.7 Å². The van der Waals surface area contributed by atoms with Gasteiger partial charge in [-0.3, -0.25) is 4.98 Å². The molecule has 4 rings (SSSR count). The molecule has 4 aromatic rings. The fraction of sp³-hybridized carbons (Fsp3) is 0.227. The Kier molecular flexibility index (Phi) is 5.69. The van der Waals surface area contributed by atoms with E-state index >= 15 is 0 Å². The number of hydrogen-bond acceptors (Lipinski definition) is 5. The molecule has 6 nitrogen and oxygen atoms in total. The van der Waals surface area contributed by atoms with Gasteiger partial charge < -0.3 is 4.57 Å². The maximum absolute atomic E-state index is 13.1. The molecule has 0 aliphatic heterocycles. The predicted octanol–water partition coefficient (Wildman–Crippen LogP) is 4.98. The van der Waals surface area contributed by atoms with Crippen molar-refractivity contribution >= 4 is 20.9 Å². The number of alkyl halides is 4. The fourth-order valence-corrected chi connectivity index (χ4v) is 4.51. The van der Waals surface area contributed by atoms with Crippen LogP contribution in [0.4, 0.5) is 17.6 Å². The standard InChI is InChI=1S/C22H18F4N4O2S/c1-3-33(31,32)18-8-15(14-6-4-5-13(7-14)10-23)11-28-20(18)21-29-16-9-19(22(24,25)26)27-12-17(16)30(21)2/h4-9,11-12H,3,10H2,1-2H3. The van der Waals surface area contributed by atoms with Gasteiger partial charge in [0.05, 0.1) is 27.9 Å². The number of halogens is 4. The van der Waals surface area contributed by atoms with Gasteiger partial charge in [0, 0.05) is 18.8 Å². The maximum Gasteiger partial charge on any atom is 0.433 e. The van der Waals surface area contributed by atoms with E-state index in [4.69, 9.17) is 0 Å². The number of aryl methyl sites for hydroxylation is 1. The zero-order valence-electron chi connectivity index (χ0n) is 17.6. The summed E-state index contributed by atoms with van der Waals surface area (Å²) < 4.78 is 79.5. The van der Waals surface area contributed by atoms with E-state index in [0.29, 0.717) is 22.2 Å². The van der Waals surface area contributed by atoms with Gasteiger partial charge in [-0.2, -0.15) is 13.2 Å². The van der Waals surface area contributed by atoms with Crippen LogP contribution in [-0.4, -0.2) is 33.7 Å². The smallest absolute Gasteiger partial charge is 0.324 e. The second kappa shape index (κ2) is 8.22. The van der Waals surface area contributed by atoms with Crippen LogP contribution in [0, 0.1) is 0 Å². The zero-order valence-corrected chi connectivity index (χ0v) is 18.4. The minimum absolute atomic E-state index is 0.00880. The van der Waals surface area contributed by atoms with Gasteiger partial charge in [-0.1, -0.05) is 25.1 Å². The van der Waals surface area contributed by atoms with Crippen molar-refractivity contribution in [3.63, 3.8) is 0 Å². The lowest BCUT2D eigenvalue weighted by Gasteiger charge is -2.12. The second-order valence-electron chi connectivity index (χ2n) is 7.36. The number of sulfone groups is 1. The monoisotopic (exact) mass is 478 g/mol. The second-order valence-corrected chi connectivity index (χ2v) is 9.61. The molecule has 0 aliphatic rings. The lowest BCUT2D eigenvalue weighted by molar-refractivity contribution is -0.141. The van der Waals surface area contributed by atoms with Crippen molar-refractivity contribution < 1.29 is 26.0 Å². The summed E-state index contributed by atoms with van der Waals surface area (Å²) in [5.74, 6) is -0.137. The van der Waals surface area contributed by atoms with Gasteiger partial charge >= 0.3 is 6.18 Å². The largest absolute Gasteiger partial charge is 0.433 e. The molecule has 0 radical (unpaired) electrons. The summed E-state index contributed by atoms with van der Waals surface area (Å²) in [4.78, 5) is 11.9. The van der Waals surface area contributed by atoms with E-state index < -0.39 is 28.4 Å². The van der Waals surface area contributed by atoms with Crippen LogP contribution in [0.3, 0.4) is 0 Å². The number of hydrogen-bond donors (Lipinski definition) is 0. The first-order valence-electron chi connectivity index (χ1n) is 9.83. The number of benzene rings is 1. The molecular weight excluding hydrogens is 460 g/mol. The number of imidazole rings is 1. The predicted molar refractivity (Wildman–Crippen MR) is 115 cm³/mol. The number of aromatic nitrogens is 4. The molecule has 0 aliphatic carbocycles. The van der Waals surface area contributed by atoms with E-state index in [0.717, 1.165) is 12.3 Å². The molecule has 172 valence electrons. The highest BCUT2D eigenvalue weighted by atomic mass is 32.2. The summed E-state index contributed by atoms with van der Waals surface area (Å²) in [6, 6.07) is 8.80. The summed E-state index contributed by atoms with van der Waals surface area (Å²) in [7, 11) is -2.25. The van der Waals surface area contributed by atoms with Crippen molar-refractivity contribution in [2.24, 2.45) is 7.05 Å². The zero-order chi connectivity index (χ0) is 24.0. The van der Waals surface area contributed by atoms with E-state index in [1.165, 1.54) is 23.8 Å². The first-order chi connectivity index (χ1) is 15.5. The van der Waals surface area contributed by atoms with E-state index in [9.17, 15) is 26.0 Å². The minimum Gasteiger partial charge on any atom is -0.324 e. The number of pyridine rings is 2. The highest BCUT2D eigenvalue weighted by molar-refractivity contribution is 7.91. The molecule has 1 aromatic carbocycles. The number of rotatable bonds is 5. The average Bonchev–Trinajstić information content (AvgIpc) is 3.14. The Labute approximate surface area is 186 Å². The molecule has 0 N–H and O–H groups in total. The maximum atomic E-state index is 13.1. The summed E-state index contributed by atoms with van der Waals surface area (Å²) in [5, 5.41) is 0. The van der Waals surface area contributed by atoms with Gasteiger partial charge in [-0.05, 0) is 29.3 Å². The Bertz CT molecular complexity index is 1460. The SMILES string of the molecule is CCS(=O)(=O)c1cc(-c2cccc(CF)c2)cnc1-c1nc2cc(C(F)(F)F)ncc2n1C. The number of nitrogens with zero attached hydrogens (tertiary/aromatic N) is 4. The molecule has 0 bridgehead atoms. The third kappa shape index (κ3) is 4.20. The lowest BCUT2D eigenvalue weighted by Crippen LogP contribution is -2.09. The van der Waals surface area contributed by atoms with E-state index in [1.807, 2.05) is 0 Å². The van der Waals surface area contributed by atoms with Gasteiger partial charge in [-0.25, -0.2) is 22.8 Å². The van der Waals surface area contributed by atoms with Gasteiger partial charge in [0.1, 0.15) is 18.1 Å². The minimum atomic E-state index is -4.64. The normalized spacial score (nSPS) is 12.4. The van der Waals surface area contributed by atoms with Crippen LogP contribution in [0.5, 0.6) is 0 Å². The van der Waals surface area contributed by atoms with Crippen LogP contribution in [0.15, 0.2) is 53.7 Å². The van der Waals surface area contributed by atoms with Crippen LogP contribution < -0.4 is 0 Å². The quantitative estimate of drug-likeness (QED) is 0.378. The first kappa shape index (κ1) is 22.8. The Morgan fingerprint density at radius 3 is 2.45 bits per heavy atom. The highest BCUT2D eigenvalue weighted by Crippen LogP contribution is 2.34. The summed E-state index contributed by atoms with van der Waals surface area (Å²) in [6.07, 6.45) is -2.17. The van der Waals surface area contributed by atoms with Crippen molar-refractivity contribution in [1.82, 2.24) is 19.5 Å².